The van der Waals surface area contributed by atoms with Gasteiger partial charge in [0.15, 0.2) is 0 Å². The number of piperidine rings is 1. The lowest BCUT2D eigenvalue weighted by molar-refractivity contribution is 0.346. The third-order valence-electron chi connectivity index (χ3n) is 4.64. The molecule has 1 aromatic heterocycles. The zero-order valence-corrected chi connectivity index (χ0v) is 17.1. The van der Waals surface area contributed by atoms with Crippen molar-refractivity contribution in [2.24, 2.45) is 0 Å². The first-order valence-electron chi connectivity index (χ1n) is 8.85. The molecule has 0 unspecified atom stereocenters. The summed E-state index contributed by atoms with van der Waals surface area (Å²) in [7, 11) is -3.73. The minimum Gasteiger partial charge on any atom is -0.334 e. The van der Waals surface area contributed by atoms with E-state index in [1.807, 2.05) is 30.3 Å². The molecule has 6 nitrogen and oxygen atoms in total. The molecule has 28 heavy (non-hydrogen) atoms. The maximum absolute atomic E-state index is 13.1. The first-order valence-corrected chi connectivity index (χ1v) is 11.0. The second-order valence-electron chi connectivity index (χ2n) is 6.52. The van der Waals surface area contributed by atoms with Gasteiger partial charge in [0.05, 0.1) is 15.6 Å². The van der Waals surface area contributed by atoms with Gasteiger partial charge in [0.1, 0.15) is 4.90 Å². The van der Waals surface area contributed by atoms with Crippen molar-refractivity contribution in [3.05, 3.63) is 52.5 Å². The summed E-state index contributed by atoms with van der Waals surface area (Å²) in [6.07, 6.45) is 2.69. The van der Waals surface area contributed by atoms with Crippen LogP contribution >= 0.6 is 23.2 Å². The van der Waals surface area contributed by atoms with Gasteiger partial charge in [-0.2, -0.15) is 9.29 Å². The minimum absolute atomic E-state index is 0.00470. The van der Waals surface area contributed by atoms with Crippen molar-refractivity contribution < 1.29 is 12.9 Å². The molecule has 0 N–H and O–H groups in total. The van der Waals surface area contributed by atoms with Crippen LogP contribution in [0.25, 0.3) is 22.8 Å². The van der Waals surface area contributed by atoms with E-state index in [9.17, 15) is 8.42 Å². The van der Waals surface area contributed by atoms with Crippen LogP contribution in [0.15, 0.2) is 51.9 Å². The Morgan fingerprint density at radius 3 is 2.39 bits per heavy atom. The summed E-state index contributed by atoms with van der Waals surface area (Å²) in [6, 6.07) is 12.1. The zero-order chi connectivity index (χ0) is 19.7. The summed E-state index contributed by atoms with van der Waals surface area (Å²) in [5.74, 6) is 0.526. The van der Waals surface area contributed by atoms with E-state index in [1.54, 1.807) is 0 Å². The molecule has 0 bridgehead atoms. The highest BCUT2D eigenvalue weighted by molar-refractivity contribution is 7.89. The standard InChI is InChI=1S/C19H17Cl2N3O3S/c20-15-12-16(21)17(28(25,26)24-9-5-2-6-10-24)11-14(15)19-22-18(23-27-19)13-7-3-1-4-8-13/h1,3-4,7-8,11-12H,2,5-6,9-10H2. The predicted octanol–water partition coefficient (Wildman–Crippen LogP) is 4.89. The van der Waals surface area contributed by atoms with Gasteiger partial charge in [0.25, 0.3) is 5.89 Å². The van der Waals surface area contributed by atoms with Crippen LogP contribution < -0.4 is 0 Å². The van der Waals surface area contributed by atoms with Gasteiger partial charge in [0, 0.05) is 18.7 Å². The molecular formula is C19H17Cl2N3O3S. The Labute approximate surface area is 173 Å². The molecule has 3 aromatic rings. The average Bonchev–Trinajstić information content (AvgIpc) is 3.19. The molecule has 4 rings (SSSR count). The number of benzene rings is 2. The fourth-order valence-corrected chi connectivity index (χ4v) is 5.52. The highest BCUT2D eigenvalue weighted by Gasteiger charge is 2.29. The maximum Gasteiger partial charge on any atom is 0.259 e. The lowest BCUT2D eigenvalue weighted by Crippen LogP contribution is -2.35. The van der Waals surface area contributed by atoms with Gasteiger partial charge in [-0.05, 0) is 25.0 Å². The zero-order valence-electron chi connectivity index (χ0n) is 14.8. The molecule has 1 aliphatic heterocycles. The first-order chi connectivity index (χ1) is 13.5. The molecule has 1 aliphatic rings. The molecule has 2 aromatic carbocycles. The molecule has 0 aliphatic carbocycles. The Balaban J connectivity index is 1.75. The summed E-state index contributed by atoms with van der Waals surface area (Å²) in [5, 5.41) is 4.28. The van der Waals surface area contributed by atoms with Crippen LogP contribution in [0, 0.1) is 0 Å². The molecule has 2 heterocycles. The predicted molar refractivity (Wildman–Crippen MR) is 108 cm³/mol. The Morgan fingerprint density at radius 2 is 1.68 bits per heavy atom. The summed E-state index contributed by atoms with van der Waals surface area (Å²) < 4.78 is 32.9. The number of rotatable bonds is 4. The highest BCUT2D eigenvalue weighted by atomic mass is 35.5. The molecule has 0 radical (unpaired) electrons. The second kappa shape index (κ2) is 7.83. The number of aromatic nitrogens is 2. The van der Waals surface area contributed by atoms with Crippen LogP contribution in [-0.4, -0.2) is 36.0 Å². The number of hydrogen-bond acceptors (Lipinski definition) is 5. The second-order valence-corrected chi connectivity index (χ2v) is 9.24. The molecule has 0 spiro atoms. The number of sulfonamides is 1. The van der Waals surface area contributed by atoms with Crippen LogP contribution in [0.5, 0.6) is 0 Å². The Kier molecular flexibility index (Phi) is 5.42. The normalized spacial score (nSPS) is 15.6. The van der Waals surface area contributed by atoms with Gasteiger partial charge in [-0.1, -0.05) is 65.1 Å². The number of nitrogens with zero attached hydrogens (tertiary/aromatic N) is 3. The van der Waals surface area contributed by atoms with Gasteiger partial charge in [-0.15, -0.1) is 0 Å². The average molecular weight is 438 g/mol. The van der Waals surface area contributed by atoms with Crippen LogP contribution in [0.1, 0.15) is 19.3 Å². The van der Waals surface area contributed by atoms with E-state index in [0.29, 0.717) is 24.5 Å². The lowest BCUT2D eigenvalue weighted by Gasteiger charge is -2.26. The van der Waals surface area contributed by atoms with Crippen LogP contribution in [0.3, 0.4) is 0 Å². The van der Waals surface area contributed by atoms with E-state index in [4.69, 9.17) is 27.7 Å². The summed E-state index contributed by atoms with van der Waals surface area (Å²) in [6.45, 7) is 0.963. The van der Waals surface area contributed by atoms with Gasteiger partial charge < -0.3 is 4.52 Å². The number of hydrogen-bond donors (Lipinski definition) is 0. The van der Waals surface area contributed by atoms with Gasteiger partial charge in [-0.25, -0.2) is 8.42 Å². The topological polar surface area (TPSA) is 76.3 Å². The summed E-state index contributed by atoms with van der Waals surface area (Å²) >= 11 is 12.5. The van der Waals surface area contributed by atoms with Crippen molar-refractivity contribution >= 4 is 33.2 Å². The van der Waals surface area contributed by atoms with Crippen molar-refractivity contribution in [2.45, 2.75) is 24.2 Å². The quantitative estimate of drug-likeness (QED) is 0.580. The fourth-order valence-electron chi connectivity index (χ4n) is 3.17. The van der Waals surface area contributed by atoms with Crippen molar-refractivity contribution in [2.75, 3.05) is 13.1 Å². The number of halogens is 2. The van der Waals surface area contributed by atoms with Crippen molar-refractivity contribution in [1.29, 1.82) is 0 Å². The minimum atomic E-state index is -3.73. The molecule has 0 atom stereocenters. The third-order valence-corrected chi connectivity index (χ3v) is 7.32. The Bertz CT molecular complexity index is 1090. The Morgan fingerprint density at radius 1 is 0.964 bits per heavy atom. The van der Waals surface area contributed by atoms with Gasteiger partial charge in [0.2, 0.25) is 15.8 Å². The largest absolute Gasteiger partial charge is 0.334 e. The molecule has 0 amide bonds. The maximum atomic E-state index is 13.1. The fraction of sp³-hybridized carbons (Fsp3) is 0.263. The van der Waals surface area contributed by atoms with Gasteiger partial charge in [-0.3, -0.25) is 0 Å². The van der Waals surface area contributed by atoms with E-state index in [1.165, 1.54) is 16.4 Å². The molecule has 1 fully saturated rings. The van der Waals surface area contributed by atoms with Crippen molar-refractivity contribution in [3.8, 4) is 22.8 Å². The Hall–Kier alpha value is -1.93. The highest BCUT2D eigenvalue weighted by Crippen LogP contribution is 2.36. The van der Waals surface area contributed by atoms with E-state index in [0.717, 1.165) is 24.8 Å². The summed E-state index contributed by atoms with van der Waals surface area (Å²) in [4.78, 5) is 4.36. The van der Waals surface area contributed by atoms with E-state index in [-0.39, 0.29) is 20.8 Å². The van der Waals surface area contributed by atoms with Crippen LogP contribution in [0.2, 0.25) is 10.0 Å². The van der Waals surface area contributed by atoms with Crippen molar-refractivity contribution in [1.82, 2.24) is 14.4 Å². The first kappa shape index (κ1) is 19.4. The molecule has 1 saturated heterocycles. The molecule has 0 saturated carbocycles. The van der Waals surface area contributed by atoms with E-state index in [2.05, 4.69) is 10.1 Å². The van der Waals surface area contributed by atoms with Crippen LogP contribution in [0.4, 0.5) is 0 Å². The van der Waals surface area contributed by atoms with E-state index < -0.39 is 10.0 Å². The SMILES string of the molecule is O=S(=O)(c1cc(-c2nc(-c3ccccc3)no2)c(Cl)cc1Cl)N1CCCCC1. The lowest BCUT2D eigenvalue weighted by atomic mass is 10.2. The van der Waals surface area contributed by atoms with Crippen molar-refractivity contribution in [3.63, 3.8) is 0 Å². The molecule has 146 valence electrons. The molecular weight excluding hydrogens is 421 g/mol. The third kappa shape index (κ3) is 3.67. The van der Waals surface area contributed by atoms with Gasteiger partial charge >= 0.3 is 0 Å². The summed E-state index contributed by atoms with van der Waals surface area (Å²) in [5.41, 5.74) is 1.11. The van der Waals surface area contributed by atoms with Crippen LogP contribution in [-0.2, 0) is 10.0 Å². The smallest absolute Gasteiger partial charge is 0.259 e. The molecule has 9 heteroatoms. The monoisotopic (exact) mass is 437 g/mol. The van der Waals surface area contributed by atoms with E-state index >= 15 is 0 Å².